The zero-order chi connectivity index (χ0) is 20.4. The molecule has 3 rings (SSSR count). The first-order chi connectivity index (χ1) is 13.2. The van der Waals surface area contributed by atoms with Gasteiger partial charge in [-0.2, -0.15) is 16.8 Å². The minimum absolute atomic E-state index is 0.00857. The van der Waals surface area contributed by atoms with Crippen LogP contribution < -0.4 is 8.37 Å². The van der Waals surface area contributed by atoms with Crippen LogP contribution in [-0.2, 0) is 20.2 Å². The Morgan fingerprint density at radius 3 is 1.29 bits per heavy atom. The van der Waals surface area contributed by atoms with Crippen LogP contribution in [0.15, 0.2) is 82.6 Å². The van der Waals surface area contributed by atoms with Crippen molar-refractivity contribution in [3.05, 3.63) is 79.9 Å². The molecule has 0 bridgehead atoms. The van der Waals surface area contributed by atoms with Crippen LogP contribution in [0.1, 0.15) is 0 Å². The van der Waals surface area contributed by atoms with Gasteiger partial charge in [-0.25, -0.2) is 0 Å². The van der Waals surface area contributed by atoms with E-state index in [1.807, 2.05) is 0 Å². The lowest BCUT2D eigenvalue weighted by Gasteiger charge is -2.10. The van der Waals surface area contributed by atoms with Gasteiger partial charge in [-0.15, -0.1) is 0 Å². The third-order valence-corrected chi connectivity index (χ3v) is 7.38. The lowest BCUT2D eigenvalue weighted by atomic mass is 10.3. The van der Waals surface area contributed by atoms with E-state index in [9.17, 15) is 16.8 Å². The summed E-state index contributed by atoms with van der Waals surface area (Å²) in [6.45, 7) is 0. The standard InChI is InChI=1S/C18H12I2O6S2/c19-13-4-8-17(9-5-13)27(21,22)25-15-2-1-3-16(12-15)26-28(23,24)18-10-6-14(20)7-11-18/h1-12H. The molecule has 0 radical (unpaired) electrons. The zero-order valence-corrected chi connectivity index (χ0v) is 19.9. The van der Waals surface area contributed by atoms with Crippen molar-refractivity contribution in [1.29, 1.82) is 0 Å². The van der Waals surface area contributed by atoms with Crippen molar-refractivity contribution in [3.8, 4) is 11.5 Å². The number of hydrogen-bond acceptors (Lipinski definition) is 6. The average molecular weight is 642 g/mol. The molecule has 0 N–H and O–H groups in total. The van der Waals surface area contributed by atoms with Crippen LogP contribution in [0.2, 0.25) is 0 Å². The van der Waals surface area contributed by atoms with Gasteiger partial charge in [0.05, 0.1) is 0 Å². The molecule has 0 aliphatic carbocycles. The first-order valence-electron chi connectivity index (χ1n) is 7.66. The summed E-state index contributed by atoms with van der Waals surface area (Å²) in [7, 11) is -8.11. The zero-order valence-electron chi connectivity index (χ0n) is 14.0. The quantitative estimate of drug-likeness (QED) is 0.292. The number of halogens is 2. The van der Waals surface area contributed by atoms with Gasteiger partial charge in [-0.1, -0.05) is 6.07 Å². The Bertz CT molecular complexity index is 1100. The van der Waals surface area contributed by atoms with Gasteiger partial charge < -0.3 is 8.37 Å². The molecular formula is C18H12I2O6S2. The maximum atomic E-state index is 12.4. The highest BCUT2D eigenvalue weighted by atomic mass is 127. The highest BCUT2D eigenvalue weighted by molar-refractivity contribution is 14.1. The average Bonchev–Trinajstić information content (AvgIpc) is 2.62. The van der Waals surface area contributed by atoms with Crippen molar-refractivity contribution in [2.75, 3.05) is 0 Å². The second-order valence-electron chi connectivity index (χ2n) is 5.46. The van der Waals surface area contributed by atoms with Gasteiger partial charge in [0.15, 0.2) is 0 Å². The summed E-state index contributed by atoms with van der Waals surface area (Å²) in [5.41, 5.74) is 0. The van der Waals surface area contributed by atoms with Crippen LogP contribution in [0.3, 0.4) is 0 Å². The molecule has 6 nitrogen and oxygen atoms in total. The summed E-state index contributed by atoms with van der Waals surface area (Å²) >= 11 is 4.12. The summed E-state index contributed by atoms with van der Waals surface area (Å²) in [4.78, 5) is -0.0171. The van der Waals surface area contributed by atoms with Crippen molar-refractivity contribution in [1.82, 2.24) is 0 Å². The van der Waals surface area contributed by atoms with Crippen LogP contribution in [0, 0.1) is 7.14 Å². The SMILES string of the molecule is O=S(=O)(Oc1cccc(OS(=O)(=O)c2ccc(I)cc2)c1)c1ccc(I)cc1. The highest BCUT2D eigenvalue weighted by Crippen LogP contribution is 2.26. The second kappa shape index (κ2) is 8.55. The third kappa shape index (κ3) is 5.36. The first kappa shape index (κ1) is 21.3. The minimum atomic E-state index is -4.06. The van der Waals surface area contributed by atoms with Gasteiger partial charge in [-0.05, 0) is 106 Å². The van der Waals surface area contributed by atoms with E-state index >= 15 is 0 Å². The normalized spacial score (nSPS) is 11.8. The molecule has 0 unspecified atom stereocenters. The maximum absolute atomic E-state index is 12.4. The highest BCUT2D eigenvalue weighted by Gasteiger charge is 2.19. The van der Waals surface area contributed by atoms with E-state index in [4.69, 9.17) is 8.37 Å². The van der Waals surface area contributed by atoms with Gasteiger partial charge >= 0.3 is 20.2 Å². The molecule has 0 spiro atoms. The summed E-state index contributed by atoms with van der Waals surface area (Å²) in [6, 6.07) is 17.7. The Labute approximate surface area is 190 Å². The van der Waals surface area contributed by atoms with E-state index in [2.05, 4.69) is 45.2 Å². The Hall–Kier alpha value is -1.38. The molecule has 0 heterocycles. The molecule has 0 amide bonds. The lowest BCUT2D eigenvalue weighted by molar-refractivity contribution is 0.476. The summed E-state index contributed by atoms with van der Waals surface area (Å²) in [6.07, 6.45) is 0. The second-order valence-corrected chi connectivity index (χ2v) is 11.0. The molecule has 0 aliphatic rings. The van der Waals surface area contributed by atoms with Gasteiger partial charge in [0.2, 0.25) is 0 Å². The Balaban J connectivity index is 1.82. The summed E-state index contributed by atoms with van der Waals surface area (Å²) in [5.74, 6) is -0.122. The van der Waals surface area contributed by atoms with Crippen LogP contribution in [0.4, 0.5) is 0 Å². The molecule has 10 heteroatoms. The summed E-state index contributed by atoms with van der Waals surface area (Å²) in [5, 5.41) is 0. The van der Waals surface area contributed by atoms with Gasteiger partial charge in [0.25, 0.3) is 0 Å². The Morgan fingerprint density at radius 1 is 0.571 bits per heavy atom. The molecular weight excluding hydrogens is 630 g/mol. The molecule has 3 aromatic carbocycles. The first-order valence-corrected chi connectivity index (χ1v) is 12.6. The van der Waals surface area contributed by atoms with Crippen molar-refractivity contribution in [2.45, 2.75) is 9.79 Å². The molecule has 28 heavy (non-hydrogen) atoms. The van der Waals surface area contributed by atoms with Crippen LogP contribution >= 0.6 is 45.2 Å². The molecule has 0 atom stereocenters. The number of rotatable bonds is 6. The van der Waals surface area contributed by atoms with E-state index in [0.717, 1.165) is 7.14 Å². The molecule has 3 aromatic rings. The van der Waals surface area contributed by atoms with Crippen LogP contribution in [-0.4, -0.2) is 16.8 Å². The van der Waals surface area contributed by atoms with Crippen molar-refractivity contribution in [2.24, 2.45) is 0 Å². The predicted octanol–water partition coefficient (Wildman–Crippen LogP) is 4.43. The molecule has 0 saturated heterocycles. The fraction of sp³-hybridized carbons (Fsp3) is 0. The van der Waals surface area contributed by atoms with Crippen molar-refractivity contribution in [3.63, 3.8) is 0 Å². The molecule has 0 saturated carbocycles. The topological polar surface area (TPSA) is 86.7 Å². The molecule has 146 valence electrons. The monoisotopic (exact) mass is 642 g/mol. The third-order valence-electron chi connectivity index (χ3n) is 3.42. The van der Waals surface area contributed by atoms with Crippen LogP contribution in [0.25, 0.3) is 0 Å². The summed E-state index contributed by atoms with van der Waals surface area (Å²) < 4.78 is 61.5. The Kier molecular flexibility index (Phi) is 6.51. The molecule has 0 aromatic heterocycles. The Morgan fingerprint density at radius 2 is 0.929 bits per heavy atom. The van der Waals surface area contributed by atoms with Gasteiger partial charge in [0.1, 0.15) is 21.3 Å². The van der Waals surface area contributed by atoms with Crippen LogP contribution in [0.5, 0.6) is 11.5 Å². The van der Waals surface area contributed by atoms with E-state index < -0.39 is 20.2 Å². The van der Waals surface area contributed by atoms with Gasteiger partial charge in [0, 0.05) is 13.2 Å². The van der Waals surface area contributed by atoms with Gasteiger partial charge in [-0.3, -0.25) is 0 Å². The van der Waals surface area contributed by atoms with E-state index in [1.165, 1.54) is 48.5 Å². The van der Waals surface area contributed by atoms with E-state index in [1.54, 1.807) is 24.3 Å². The maximum Gasteiger partial charge on any atom is 0.339 e. The fourth-order valence-corrected chi connectivity index (χ4v) is 4.69. The van der Waals surface area contributed by atoms with E-state index in [-0.39, 0.29) is 21.3 Å². The predicted molar refractivity (Wildman–Crippen MR) is 120 cm³/mol. The lowest BCUT2D eigenvalue weighted by Crippen LogP contribution is -2.11. The van der Waals surface area contributed by atoms with Crippen molar-refractivity contribution >= 4 is 65.4 Å². The largest absolute Gasteiger partial charge is 0.379 e. The number of benzene rings is 3. The fourth-order valence-electron chi connectivity index (χ4n) is 2.13. The molecule has 0 fully saturated rings. The minimum Gasteiger partial charge on any atom is -0.379 e. The number of hydrogen-bond donors (Lipinski definition) is 0. The smallest absolute Gasteiger partial charge is 0.339 e. The van der Waals surface area contributed by atoms with Crippen molar-refractivity contribution < 1.29 is 25.2 Å². The molecule has 0 aliphatic heterocycles. The van der Waals surface area contributed by atoms with E-state index in [0.29, 0.717) is 0 Å².